The summed E-state index contributed by atoms with van der Waals surface area (Å²) in [7, 11) is 2.77. The van der Waals surface area contributed by atoms with Crippen molar-refractivity contribution < 1.29 is 5.11 Å². The summed E-state index contributed by atoms with van der Waals surface area (Å²) in [5.41, 5.74) is 2.39. The SMILES string of the molecule is Cc1ccc(N=C(SCc2ccc(Cl)c(Cl)c2)c2c(O)n(C)c(=O)n(C)c2=O)cc1C. The second-order valence-electron chi connectivity index (χ2n) is 7.13. The summed E-state index contributed by atoms with van der Waals surface area (Å²) >= 11 is 13.4. The molecule has 0 saturated carbocycles. The highest BCUT2D eigenvalue weighted by Crippen LogP contribution is 2.29. The number of halogens is 2. The second kappa shape index (κ2) is 9.34. The molecule has 0 amide bonds. The third-order valence-corrected chi connectivity index (χ3v) is 6.71. The van der Waals surface area contributed by atoms with Crippen LogP contribution in [0.25, 0.3) is 0 Å². The van der Waals surface area contributed by atoms with Crippen molar-refractivity contribution in [2.45, 2.75) is 19.6 Å². The van der Waals surface area contributed by atoms with Gasteiger partial charge in [0.05, 0.1) is 15.7 Å². The summed E-state index contributed by atoms with van der Waals surface area (Å²) < 4.78 is 1.97. The number of hydrogen-bond donors (Lipinski definition) is 1. The van der Waals surface area contributed by atoms with Crippen molar-refractivity contribution in [3.63, 3.8) is 0 Å². The van der Waals surface area contributed by atoms with Gasteiger partial charge >= 0.3 is 5.69 Å². The highest BCUT2D eigenvalue weighted by atomic mass is 35.5. The Hall–Kier alpha value is -2.48. The molecule has 6 nitrogen and oxygen atoms in total. The van der Waals surface area contributed by atoms with Crippen LogP contribution in [0.4, 0.5) is 5.69 Å². The van der Waals surface area contributed by atoms with Gasteiger partial charge in [-0.3, -0.25) is 13.9 Å². The molecule has 0 aliphatic rings. The topological polar surface area (TPSA) is 76.6 Å². The zero-order valence-electron chi connectivity index (χ0n) is 17.4. The van der Waals surface area contributed by atoms with E-state index in [4.69, 9.17) is 23.2 Å². The van der Waals surface area contributed by atoms with Gasteiger partial charge in [-0.05, 0) is 54.8 Å². The lowest BCUT2D eigenvalue weighted by atomic mass is 10.1. The van der Waals surface area contributed by atoms with E-state index in [9.17, 15) is 14.7 Å². The van der Waals surface area contributed by atoms with Crippen LogP contribution in [0.15, 0.2) is 51.0 Å². The highest BCUT2D eigenvalue weighted by Gasteiger charge is 2.21. The van der Waals surface area contributed by atoms with Gasteiger partial charge in [0.25, 0.3) is 5.56 Å². The lowest BCUT2D eigenvalue weighted by molar-refractivity contribution is 0.410. The number of nitrogens with zero attached hydrogens (tertiary/aromatic N) is 3. The van der Waals surface area contributed by atoms with Crippen molar-refractivity contribution in [1.82, 2.24) is 9.13 Å². The van der Waals surface area contributed by atoms with E-state index in [0.717, 1.165) is 25.8 Å². The Bertz CT molecular complexity index is 1310. The van der Waals surface area contributed by atoms with Crippen LogP contribution in [0, 0.1) is 13.8 Å². The molecule has 0 saturated heterocycles. The average molecular weight is 478 g/mol. The number of thioether (sulfide) groups is 1. The van der Waals surface area contributed by atoms with Crippen LogP contribution in [0.2, 0.25) is 10.0 Å². The fraction of sp³-hybridized carbons (Fsp3) is 0.227. The van der Waals surface area contributed by atoms with E-state index in [-0.39, 0.29) is 5.56 Å². The average Bonchev–Trinajstić information content (AvgIpc) is 2.74. The van der Waals surface area contributed by atoms with Crippen molar-refractivity contribution in [2.24, 2.45) is 19.1 Å². The molecular formula is C22H21Cl2N3O3S. The molecule has 3 rings (SSSR count). The van der Waals surface area contributed by atoms with Crippen LogP contribution >= 0.6 is 35.0 Å². The predicted molar refractivity (Wildman–Crippen MR) is 128 cm³/mol. The molecule has 0 spiro atoms. The van der Waals surface area contributed by atoms with E-state index >= 15 is 0 Å². The van der Waals surface area contributed by atoms with Crippen molar-refractivity contribution in [3.8, 4) is 5.88 Å². The number of aromatic nitrogens is 2. The zero-order valence-corrected chi connectivity index (χ0v) is 19.8. The number of aliphatic imine (C=N–C) groups is 1. The van der Waals surface area contributed by atoms with E-state index in [2.05, 4.69) is 4.99 Å². The first kappa shape index (κ1) is 23.2. The van der Waals surface area contributed by atoms with Crippen molar-refractivity contribution >= 4 is 45.7 Å². The molecule has 0 aliphatic carbocycles. The van der Waals surface area contributed by atoms with E-state index < -0.39 is 17.1 Å². The smallest absolute Gasteiger partial charge is 0.333 e. The van der Waals surface area contributed by atoms with Crippen molar-refractivity contribution in [1.29, 1.82) is 0 Å². The van der Waals surface area contributed by atoms with Gasteiger partial charge in [0.15, 0.2) is 0 Å². The van der Waals surface area contributed by atoms with E-state index in [1.807, 2.05) is 38.1 Å². The van der Waals surface area contributed by atoms with Gasteiger partial charge in [0, 0.05) is 19.8 Å². The molecule has 0 radical (unpaired) electrons. The fourth-order valence-electron chi connectivity index (χ4n) is 2.87. The Kier molecular flexibility index (Phi) is 6.99. The summed E-state index contributed by atoms with van der Waals surface area (Å²) in [6.07, 6.45) is 0. The molecule has 0 unspecified atom stereocenters. The second-order valence-corrected chi connectivity index (χ2v) is 8.91. The summed E-state index contributed by atoms with van der Waals surface area (Å²) in [6.45, 7) is 3.97. The third-order valence-electron chi connectivity index (χ3n) is 4.93. The summed E-state index contributed by atoms with van der Waals surface area (Å²) in [6, 6.07) is 10.9. The third kappa shape index (κ3) is 4.89. The summed E-state index contributed by atoms with van der Waals surface area (Å²) in [5.74, 6) is -0.0104. The lowest BCUT2D eigenvalue weighted by Crippen LogP contribution is -2.39. The van der Waals surface area contributed by atoms with Gasteiger partial charge in [-0.1, -0.05) is 35.3 Å². The van der Waals surface area contributed by atoms with Crippen LogP contribution < -0.4 is 11.2 Å². The number of benzene rings is 2. The molecule has 0 fully saturated rings. The number of aryl methyl sites for hydroxylation is 2. The predicted octanol–water partition coefficient (Wildman–Crippen LogP) is 4.72. The molecule has 9 heteroatoms. The zero-order chi connectivity index (χ0) is 22.9. The molecule has 1 aromatic heterocycles. The van der Waals surface area contributed by atoms with Gasteiger partial charge in [-0.2, -0.15) is 0 Å². The monoisotopic (exact) mass is 477 g/mol. The molecule has 3 aromatic rings. The quantitative estimate of drug-likeness (QED) is 0.435. The maximum absolute atomic E-state index is 12.9. The van der Waals surface area contributed by atoms with Crippen LogP contribution in [0.3, 0.4) is 0 Å². The number of aromatic hydroxyl groups is 1. The highest BCUT2D eigenvalue weighted by molar-refractivity contribution is 8.13. The Morgan fingerprint density at radius 3 is 2.35 bits per heavy atom. The molecule has 0 aliphatic heterocycles. The number of rotatable bonds is 4. The van der Waals surface area contributed by atoms with Crippen LogP contribution in [-0.2, 0) is 19.8 Å². The largest absolute Gasteiger partial charge is 0.494 e. The van der Waals surface area contributed by atoms with Gasteiger partial charge in [-0.25, -0.2) is 9.79 Å². The van der Waals surface area contributed by atoms with Crippen LogP contribution in [-0.4, -0.2) is 19.3 Å². The fourth-order valence-corrected chi connectivity index (χ4v) is 4.17. The Morgan fingerprint density at radius 2 is 1.71 bits per heavy atom. The van der Waals surface area contributed by atoms with Crippen molar-refractivity contribution in [2.75, 3.05) is 0 Å². The first-order valence-electron chi connectivity index (χ1n) is 9.32. The first-order valence-corrected chi connectivity index (χ1v) is 11.1. The minimum Gasteiger partial charge on any atom is -0.494 e. The Morgan fingerprint density at radius 1 is 1.00 bits per heavy atom. The van der Waals surface area contributed by atoms with E-state index in [1.54, 1.807) is 12.1 Å². The Balaban J connectivity index is 2.14. The summed E-state index contributed by atoms with van der Waals surface area (Å²) in [5, 5.41) is 11.8. The molecule has 0 atom stereocenters. The van der Waals surface area contributed by atoms with Gasteiger partial charge in [0.1, 0.15) is 10.6 Å². The van der Waals surface area contributed by atoms with Gasteiger partial charge < -0.3 is 5.11 Å². The molecule has 31 heavy (non-hydrogen) atoms. The molecule has 1 heterocycles. The molecule has 162 valence electrons. The standard InChI is InChI=1S/C22H21Cl2N3O3S/c1-12-5-7-15(9-13(12)2)25-19(31-11-14-6-8-16(23)17(24)10-14)18-20(28)26(3)22(30)27(4)21(18)29/h5-10,28H,11H2,1-4H3. The molecule has 2 aromatic carbocycles. The first-order chi connectivity index (χ1) is 14.6. The maximum atomic E-state index is 12.9. The van der Waals surface area contributed by atoms with Gasteiger partial charge in [-0.15, -0.1) is 11.8 Å². The van der Waals surface area contributed by atoms with E-state index in [1.165, 1.54) is 25.9 Å². The lowest BCUT2D eigenvalue weighted by Gasteiger charge is -2.13. The van der Waals surface area contributed by atoms with Crippen LogP contribution in [0.1, 0.15) is 22.3 Å². The normalized spacial score (nSPS) is 11.7. The maximum Gasteiger partial charge on any atom is 0.333 e. The molecular weight excluding hydrogens is 457 g/mol. The van der Waals surface area contributed by atoms with Crippen LogP contribution in [0.5, 0.6) is 5.88 Å². The number of hydrogen-bond acceptors (Lipinski definition) is 5. The van der Waals surface area contributed by atoms with E-state index in [0.29, 0.717) is 26.5 Å². The molecule has 1 N–H and O–H groups in total. The molecule has 0 bridgehead atoms. The minimum absolute atomic E-state index is 0.0344. The minimum atomic E-state index is -0.621. The Labute approximate surface area is 193 Å². The van der Waals surface area contributed by atoms with Crippen molar-refractivity contribution in [3.05, 3.63) is 89.5 Å². The summed E-state index contributed by atoms with van der Waals surface area (Å²) in [4.78, 5) is 29.7. The van der Waals surface area contributed by atoms with Gasteiger partial charge in [0.2, 0.25) is 5.88 Å².